The molecule has 0 aliphatic carbocycles. The highest BCUT2D eigenvalue weighted by Crippen LogP contribution is 2.47. The molecule has 1 fully saturated rings. The van der Waals surface area contributed by atoms with Gasteiger partial charge in [-0.1, -0.05) is 135 Å². The molecule has 0 aromatic heterocycles. The summed E-state index contributed by atoms with van der Waals surface area (Å²) in [7, 11) is 0. The van der Waals surface area contributed by atoms with Crippen molar-refractivity contribution in [1.29, 1.82) is 0 Å². The van der Waals surface area contributed by atoms with Crippen LogP contribution < -0.4 is 0 Å². The maximum Gasteiger partial charge on any atom is 0.129 e. The Morgan fingerprint density at radius 3 is 1.06 bits per heavy atom. The van der Waals surface area contributed by atoms with Crippen molar-refractivity contribution < 1.29 is 0 Å². The van der Waals surface area contributed by atoms with Crippen LogP contribution in [-0.4, -0.2) is 21.6 Å². The van der Waals surface area contributed by atoms with Gasteiger partial charge in [0.05, 0.1) is 11.4 Å². The van der Waals surface area contributed by atoms with Crippen molar-refractivity contribution in [2.45, 2.75) is 26.2 Å². The molecule has 1 aliphatic rings. The van der Waals surface area contributed by atoms with Gasteiger partial charge in [-0.3, -0.25) is 0 Å². The summed E-state index contributed by atoms with van der Waals surface area (Å²) in [6, 6.07) is 66.5. The zero-order chi connectivity index (χ0) is 43.1. The van der Waals surface area contributed by atoms with E-state index in [-0.39, 0.29) is 0 Å². The average Bonchev–Trinajstić information content (AvgIpc) is 3.33. The Morgan fingerprint density at radius 1 is 0.397 bits per heavy atom. The van der Waals surface area contributed by atoms with Gasteiger partial charge in [0.1, 0.15) is 10.1 Å². The minimum absolute atomic E-state index is 0.943. The number of hydrogen-bond donors (Lipinski definition) is 0. The molecule has 63 heavy (non-hydrogen) atoms. The molecular formula is C56H43I3N2S2. The Bertz CT molecular complexity index is 2850. The lowest BCUT2D eigenvalue weighted by molar-refractivity contribution is 0.795. The van der Waals surface area contributed by atoms with E-state index in [2.05, 4.69) is 257 Å². The van der Waals surface area contributed by atoms with Crippen molar-refractivity contribution in [2.75, 3.05) is 11.5 Å². The van der Waals surface area contributed by atoms with Crippen molar-refractivity contribution in [3.63, 3.8) is 0 Å². The molecule has 1 saturated heterocycles. The second-order valence-electron chi connectivity index (χ2n) is 15.4. The van der Waals surface area contributed by atoms with E-state index in [0.29, 0.717) is 0 Å². The van der Waals surface area contributed by atoms with E-state index in [0.717, 1.165) is 89.5 Å². The maximum atomic E-state index is 5.79. The Morgan fingerprint density at radius 2 is 0.730 bits per heavy atom. The number of aryl methyl sites for hydroxylation is 1. The minimum atomic E-state index is 0.943. The second-order valence-corrected chi connectivity index (χ2v) is 21.3. The van der Waals surface area contributed by atoms with Gasteiger partial charge in [0.2, 0.25) is 0 Å². The lowest BCUT2D eigenvalue weighted by atomic mass is 9.90. The SMILES string of the molecule is CCCCc1ccc(-c2cc(-c3ccccc3)cc(-c3ccc(I)cc3)c2N=C2SCCSC2=Nc2c(-c3ccc(I)cc3)cc(-c3ccccc3)cc2-c2ccc(I)cc2)cc1. The molecule has 9 rings (SSSR count). The fourth-order valence-corrected chi connectivity index (χ4v) is 11.0. The standard InChI is InChI=1S/C56H43I3N2S2/c1-2-3-10-37-15-17-40(18-16-37)49-33-44(38-11-6-4-7-12-38)34-50(41-19-25-46(57)26-20-41)53(49)60-55-56(63-32-31-62-55)61-54-51(42-21-27-47(58)28-22-42)35-45(39-13-8-5-9-14-39)36-52(54)43-23-29-48(59)30-24-43/h4-9,11-30,33-36H,2-3,10,31-32H2,1H3. The summed E-state index contributed by atoms with van der Waals surface area (Å²) in [5.74, 6) is 1.90. The highest BCUT2D eigenvalue weighted by Gasteiger charge is 2.24. The number of thioether (sulfide) groups is 2. The van der Waals surface area contributed by atoms with E-state index < -0.39 is 0 Å². The normalized spacial score (nSPS) is 14.0. The Labute approximate surface area is 421 Å². The summed E-state index contributed by atoms with van der Waals surface area (Å²) in [5.41, 5.74) is 16.9. The largest absolute Gasteiger partial charge is 0.238 e. The third kappa shape index (κ3) is 10.6. The Balaban J connectivity index is 1.29. The summed E-state index contributed by atoms with van der Waals surface area (Å²) in [4.78, 5) is 11.6. The van der Waals surface area contributed by atoms with Crippen LogP contribution in [0.15, 0.2) is 192 Å². The summed E-state index contributed by atoms with van der Waals surface area (Å²) >= 11 is 10.8. The first kappa shape index (κ1) is 44.2. The summed E-state index contributed by atoms with van der Waals surface area (Å²) in [5, 5.41) is 1.89. The van der Waals surface area contributed by atoms with E-state index in [1.165, 1.54) is 45.8 Å². The molecule has 7 heteroatoms. The van der Waals surface area contributed by atoms with Crippen LogP contribution >= 0.6 is 91.3 Å². The van der Waals surface area contributed by atoms with Crippen LogP contribution in [0.5, 0.6) is 0 Å². The van der Waals surface area contributed by atoms with Crippen molar-refractivity contribution in [1.82, 2.24) is 0 Å². The van der Waals surface area contributed by atoms with Crippen molar-refractivity contribution in [3.8, 4) is 66.8 Å². The molecular weight excluding hydrogens is 1150 g/mol. The van der Waals surface area contributed by atoms with Crippen LogP contribution in [-0.2, 0) is 6.42 Å². The Kier molecular flexibility index (Phi) is 14.6. The van der Waals surface area contributed by atoms with Gasteiger partial charge >= 0.3 is 0 Å². The zero-order valence-electron chi connectivity index (χ0n) is 34.7. The molecule has 1 heterocycles. The van der Waals surface area contributed by atoms with E-state index >= 15 is 0 Å². The molecule has 0 radical (unpaired) electrons. The van der Waals surface area contributed by atoms with Crippen LogP contribution in [0.2, 0.25) is 0 Å². The third-order valence-corrected chi connectivity index (χ3v) is 15.6. The van der Waals surface area contributed by atoms with Crippen LogP contribution in [0.25, 0.3) is 66.8 Å². The van der Waals surface area contributed by atoms with Gasteiger partial charge in [0, 0.05) is 44.5 Å². The predicted octanol–water partition coefficient (Wildman–Crippen LogP) is 18.1. The first-order valence-electron chi connectivity index (χ1n) is 21.2. The maximum absolute atomic E-state index is 5.79. The quantitative estimate of drug-likeness (QED) is 0.121. The third-order valence-electron chi connectivity index (χ3n) is 11.2. The first-order valence-corrected chi connectivity index (χ1v) is 26.4. The van der Waals surface area contributed by atoms with E-state index in [1.54, 1.807) is 0 Å². The monoisotopic (exact) mass is 1190 g/mol. The smallest absolute Gasteiger partial charge is 0.129 e. The van der Waals surface area contributed by atoms with E-state index in [9.17, 15) is 0 Å². The summed E-state index contributed by atoms with van der Waals surface area (Å²) in [6.45, 7) is 2.26. The molecule has 0 atom stereocenters. The van der Waals surface area contributed by atoms with Crippen LogP contribution in [0.4, 0.5) is 11.4 Å². The van der Waals surface area contributed by atoms with Gasteiger partial charge in [-0.15, -0.1) is 23.5 Å². The molecule has 2 nitrogen and oxygen atoms in total. The highest BCUT2D eigenvalue weighted by molar-refractivity contribution is 14.1. The highest BCUT2D eigenvalue weighted by atomic mass is 127. The number of unbranched alkanes of at least 4 members (excludes halogenated alkanes) is 1. The number of rotatable bonds is 11. The molecule has 8 aromatic rings. The molecule has 0 spiro atoms. The van der Waals surface area contributed by atoms with Gasteiger partial charge in [0.15, 0.2) is 0 Å². The van der Waals surface area contributed by atoms with Gasteiger partial charge in [-0.2, -0.15) is 0 Å². The topological polar surface area (TPSA) is 24.7 Å². The number of nitrogens with zero attached hydrogens (tertiary/aromatic N) is 2. The van der Waals surface area contributed by atoms with Gasteiger partial charge in [-0.25, -0.2) is 9.98 Å². The fraction of sp³-hybridized carbons (Fsp3) is 0.107. The number of aliphatic imine (C=N–C) groups is 2. The lowest BCUT2D eigenvalue weighted by Gasteiger charge is -2.21. The van der Waals surface area contributed by atoms with Crippen molar-refractivity contribution in [2.24, 2.45) is 9.98 Å². The molecule has 1 aliphatic heterocycles. The van der Waals surface area contributed by atoms with Crippen molar-refractivity contribution >= 4 is 113 Å². The predicted molar refractivity (Wildman–Crippen MR) is 301 cm³/mol. The fourth-order valence-electron chi connectivity index (χ4n) is 7.87. The van der Waals surface area contributed by atoms with Crippen molar-refractivity contribution in [3.05, 3.63) is 198 Å². The zero-order valence-corrected chi connectivity index (χ0v) is 42.8. The van der Waals surface area contributed by atoms with Crippen LogP contribution in [0, 0.1) is 10.7 Å². The minimum Gasteiger partial charge on any atom is -0.238 e. The molecule has 0 amide bonds. The van der Waals surface area contributed by atoms with E-state index in [4.69, 9.17) is 9.98 Å². The van der Waals surface area contributed by atoms with Crippen LogP contribution in [0.1, 0.15) is 25.3 Å². The van der Waals surface area contributed by atoms with E-state index in [1.807, 2.05) is 23.5 Å². The van der Waals surface area contributed by atoms with Gasteiger partial charge in [0.25, 0.3) is 0 Å². The first-order chi connectivity index (χ1) is 30.9. The molecule has 0 bridgehead atoms. The average molecular weight is 1190 g/mol. The number of halogens is 3. The van der Waals surface area contributed by atoms with Gasteiger partial charge < -0.3 is 0 Å². The molecule has 0 saturated carbocycles. The number of hydrogen-bond acceptors (Lipinski definition) is 4. The Hall–Kier alpha value is -4.01. The summed E-state index contributed by atoms with van der Waals surface area (Å²) in [6.07, 6.45) is 3.44. The summed E-state index contributed by atoms with van der Waals surface area (Å²) < 4.78 is 3.60. The molecule has 8 aromatic carbocycles. The lowest BCUT2D eigenvalue weighted by Crippen LogP contribution is -2.14. The molecule has 0 N–H and O–H groups in total. The van der Waals surface area contributed by atoms with Crippen LogP contribution in [0.3, 0.4) is 0 Å². The van der Waals surface area contributed by atoms with Gasteiger partial charge in [-0.05, 0) is 191 Å². The second kappa shape index (κ2) is 20.9. The molecule has 310 valence electrons. The molecule has 0 unspecified atom stereocenters. The number of benzene rings is 8.